The number of carbonyl (C=O) groups is 1. The number of nitrogens with zero attached hydrogens (tertiary/aromatic N) is 1. The monoisotopic (exact) mass is 464 g/mol. The quantitative estimate of drug-likeness (QED) is 0.533. The van der Waals surface area contributed by atoms with Gasteiger partial charge < -0.3 is 10.1 Å². The first-order chi connectivity index (χ1) is 14.9. The highest BCUT2D eigenvalue weighted by atomic mass is 32.2. The minimum atomic E-state index is -3.40. The van der Waals surface area contributed by atoms with E-state index in [9.17, 15) is 13.2 Å². The Balaban J connectivity index is 1.44. The second-order valence-electron chi connectivity index (χ2n) is 8.03. The van der Waals surface area contributed by atoms with Crippen molar-refractivity contribution in [2.75, 3.05) is 19.7 Å². The molecule has 1 amide bonds. The topological polar surface area (TPSA) is 75.7 Å². The zero-order valence-corrected chi connectivity index (χ0v) is 19.9. The molecule has 3 rings (SSSR count). The predicted octanol–water partition coefficient (Wildman–Crippen LogP) is 4.28. The van der Waals surface area contributed by atoms with E-state index in [1.165, 1.54) is 11.3 Å². The average Bonchev–Trinajstić information content (AvgIpc) is 3.34. The molecule has 0 spiro atoms. The molecule has 0 radical (unpaired) electrons. The zero-order chi connectivity index (χ0) is 22.3. The first-order valence-corrected chi connectivity index (χ1v) is 13.3. The van der Waals surface area contributed by atoms with Crippen LogP contribution in [0.25, 0.3) is 0 Å². The molecule has 1 N–H and O–H groups in total. The Hall–Kier alpha value is -1.90. The molecular formula is C23H32N2O4S2. The molecule has 2 aromatic rings. The van der Waals surface area contributed by atoms with E-state index < -0.39 is 10.0 Å². The molecule has 0 aliphatic carbocycles. The third-order valence-corrected chi connectivity index (χ3v) is 9.14. The maximum absolute atomic E-state index is 12.7. The largest absolute Gasteiger partial charge is 0.494 e. The molecule has 1 aliphatic heterocycles. The average molecular weight is 465 g/mol. The molecule has 1 aromatic heterocycles. The van der Waals surface area contributed by atoms with Crippen molar-refractivity contribution >= 4 is 27.3 Å². The Kier molecular flexibility index (Phi) is 8.51. The lowest BCUT2D eigenvalue weighted by Gasteiger charge is -2.33. The summed E-state index contributed by atoms with van der Waals surface area (Å²) in [5.74, 6) is 0.899. The van der Waals surface area contributed by atoms with E-state index in [2.05, 4.69) is 12.2 Å². The van der Waals surface area contributed by atoms with Gasteiger partial charge in [0.15, 0.2) is 0 Å². The SMILES string of the molecule is CCCCOc1ccc(CNC(=O)[C@H](C)C2CCN(S(=O)(=O)c3cccs3)CC2)cc1. The fourth-order valence-electron chi connectivity index (χ4n) is 3.76. The van der Waals surface area contributed by atoms with Crippen molar-refractivity contribution in [2.45, 2.75) is 50.3 Å². The highest BCUT2D eigenvalue weighted by Crippen LogP contribution is 2.30. The lowest BCUT2D eigenvalue weighted by atomic mass is 9.85. The number of rotatable bonds is 10. The second kappa shape index (κ2) is 11.1. The lowest BCUT2D eigenvalue weighted by molar-refractivity contribution is -0.126. The van der Waals surface area contributed by atoms with Gasteiger partial charge in [-0.3, -0.25) is 4.79 Å². The predicted molar refractivity (Wildman–Crippen MR) is 124 cm³/mol. The standard InChI is InChI=1S/C23H32N2O4S2/c1-3-4-15-29-21-9-7-19(8-10-21)17-24-23(26)18(2)20-11-13-25(14-12-20)31(27,28)22-6-5-16-30-22/h5-10,16,18,20H,3-4,11-15,17H2,1-2H3,(H,24,26)/t18-/m1/s1. The summed E-state index contributed by atoms with van der Waals surface area (Å²) in [6.45, 7) is 6.19. The molecule has 1 aliphatic rings. The number of carbonyl (C=O) groups excluding carboxylic acids is 1. The molecule has 0 bridgehead atoms. The van der Waals surface area contributed by atoms with Gasteiger partial charge in [-0.15, -0.1) is 11.3 Å². The van der Waals surface area contributed by atoms with Crippen molar-refractivity contribution < 1.29 is 17.9 Å². The van der Waals surface area contributed by atoms with Crippen molar-refractivity contribution in [3.8, 4) is 5.75 Å². The number of benzene rings is 1. The smallest absolute Gasteiger partial charge is 0.252 e. The third kappa shape index (κ3) is 6.30. The fraction of sp³-hybridized carbons (Fsp3) is 0.522. The van der Waals surface area contributed by atoms with Crippen molar-refractivity contribution in [3.63, 3.8) is 0 Å². The van der Waals surface area contributed by atoms with Gasteiger partial charge in [0, 0.05) is 25.6 Å². The molecule has 2 heterocycles. The Labute approximate surface area is 189 Å². The van der Waals surface area contributed by atoms with Gasteiger partial charge in [0.05, 0.1) is 6.61 Å². The summed E-state index contributed by atoms with van der Waals surface area (Å²) >= 11 is 1.24. The van der Waals surface area contributed by atoms with Crippen molar-refractivity contribution in [2.24, 2.45) is 11.8 Å². The highest BCUT2D eigenvalue weighted by molar-refractivity contribution is 7.91. The van der Waals surface area contributed by atoms with Gasteiger partial charge in [-0.25, -0.2) is 8.42 Å². The number of sulfonamides is 1. The molecular weight excluding hydrogens is 432 g/mol. The van der Waals surface area contributed by atoms with Gasteiger partial charge in [0.25, 0.3) is 10.0 Å². The zero-order valence-electron chi connectivity index (χ0n) is 18.2. The van der Waals surface area contributed by atoms with Crippen LogP contribution in [0.2, 0.25) is 0 Å². The van der Waals surface area contributed by atoms with Crippen molar-refractivity contribution in [1.82, 2.24) is 9.62 Å². The summed E-state index contributed by atoms with van der Waals surface area (Å²) in [5.41, 5.74) is 1.03. The van der Waals surface area contributed by atoms with Crippen LogP contribution in [0.3, 0.4) is 0 Å². The number of unbranched alkanes of at least 4 members (excludes halogenated alkanes) is 1. The minimum Gasteiger partial charge on any atom is -0.494 e. The van der Waals surface area contributed by atoms with E-state index in [0.29, 0.717) is 36.7 Å². The van der Waals surface area contributed by atoms with Crippen LogP contribution in [0.4, 0.5) is 0 Å². The molecule has 0 saturated carbocycles. The molecule has 6 nitrogen and oxygen atoms in total. The highest BCUT2D eigenvalue weighted by Gasteiger charge is 2.33. The summed E-state index contributed by atoms with van der Waals surface area (Å²) in [7, 11) is -3.40. The Bertz CT molecular complexity index is 919. The summed E-state index contributed by atoms with van der Waals surface area (Å²) in [6.07, 6.45) is 3.53. The molecule has 1 aromatic carbocycles. The van der Waals surface area contributed by atoms with Crippen LogP contribution in [-0.4, -0.2) is 38.3 Å². The van der Waals surface area contributed by atoms with E-state index in [1.54, 1.807) is 21.8 Å². The summed E-state index contributed by atoms with van der Waals surface area (Å²) in [5, 5.41) is 4.80. The Morgan fingerprint density at radius 2 is 1.94 bits per heavy atom. The van der Waals surface area contributed by atoms with Crippen LogP contribution >= 0.6 is 11.3 Å². The second-order valence-corrected chi connectivity index (χ2v) is 11.1. The van der Waals surface area contributed by atoms with Crippen molar-refractivity contribution in [1.29, 1.82) is 0 Å². The lowest BCUT2D eigenvalue weighted by Crippen LogP contribution is -2.42. The first-order valence-electron chi connectivity index (χ1n) is 10.9. The van der Waals surface area contributed by atoms with Crippen molar-refractivity contribution in [3.05, 3.63) is 47.3 Å². The van der Waals surface area contributed by atoms with Gasteiger partial charge in [0.2, 0.25) is 5.91 Å². The van der Waals surface area contributed by atoms with Gasteiger partial charge >= 0.3 is 0 Å². The molecule has 0 unspecified atom stereocenters. The minimum absolute atomic E-state index is 0.0165. The Morgan fingerprint density at radius 3 is 2.55 bits per heavy atom. The number of hydrogen-bond acceptors (Lipinski definition) is 5. The van der Waals surface area contributed by atoms with Crippen LogP contribution < -0.4 is 10.1 Å². The third-order valence-electron chi connectivity index (χ3n) is 5.87. The molecule has 170 valence electrons. The van der Waals surface area contributed by atoms with E-state index in [1.807, 2.05) is 31.2 Å². The van der Waals surface area contributed by atoms with Gasteiger partial charge in [-0.2, -0.15) is 4.31 Å². The number of nitrogens with one attached hydrogen (secondary N) is 1. The first kappa shape index (κ1) is 23.8. The summed E-state index contributed by atoms with van der Waals surface area (Å²) in [4.78, 5) is 12.7. The van der Waals surface area contributed by atoms with Crippen LogP contribution in [0.5, 0.6) is 5.75 Å². The molecule has 8 heteroatoms. The van der Waals surface area contributed by atoms with Crippen LogP contribution in [0.1, 0.15) is 45.1 Å². The van der Waals surface area contributed by atoms with Gasteiger partial charge in [-0.05, 0) is 54.3 Å². The number of amides is 1. The van der Waals surface area contributed by atoms with E-state index in [0.717, 1.165) is 30.8 Å². The van der Waals surface area contributed by atoms with E-state index >= 15 is 0 Å². The summed E-state index contributed by atoms with van der Waals surface area (Å²) in [6, 6.07) is 11.2. The maximum atomic E-state index is 12.7. The number of thiophene rings is 1. The number of hydrogen-bond donors (Lipinski definition) is 1. The van der Waals surface area contributed by atoms with E-state index in [-0.39, 0.29) is 17.7 Å². The normalized spacial score (nSPS) is 16.7. The van der Waals surface area contributed by atoms with E-state index in [4.69, 9.17) is 4.74 Å². The fourth-order valence-corrected chi connectivity index (χ4v) is 6.37. The molecule has 1 saturated heterocycles. The number of ether oxygens (including phenoxy) is 1. The van der Waals surface area contributed by atoms with Gasteiger partial charge in [0.1, 0.15) is 9.96 Å². The van der Waals surface area contributed by atoms with Crippen LogP contribution in [0.15, 0.2) is 46.0 Å². The Morgan fingerprint density at radius 1 is 1.23 bits per heavy atom. The van der Waals surface area contributed by atoms with Gasteiger partial charge in [-0.1, -0.05) is 38.5 Å². The van der Waals surface area contributed by atoms with Crippen LogP contribution in [-0.2, 0) is 21.4 Å². The molecule has 1 atom stereocenters. The maximum Gasteiger partial charge on any atom is 0.252 e. The van der Waals surface area contributed by atoms with Crippen LogP contribution in [0, 0.1) is 11.8 Å². The molecule has 31 heavy (non-hydrogen) atoms. The number of piperidine rings is 1. The molecule has 1 fully saturated rings. The summed E-state index contributed by atoms with van der Waals surface area (Å²) < 4.78 is 32.9.